The Morgan fingerprint density at radius 2 is 1.95 bits per heavy atom. The largest absolute Gasteiger partial charge is 0.378 e. The Morgan fingerprint density at radius 1 is 1.18 bits per heavy atom. The van der Waals surface area contributed by atoms with Crippen molar-refractivity contribution in [1.29, 1.82) is 0 Å². The SMILES string of the molecule is CN=C(NCCCN1CCC(C)CC1)NCCC1CCCO1. The average Bonchev–Trinajstić information content (AvgIpc) is 3.04. The van der Waals surface area contributed by atoms with Gasteiger partial charge < -0.3 is 20.3 Å². The van der Waals surface area contributed by atoms with Gasteiger partial charge in [0.1, 0.15) is 0 Å². The maximum absolute atomic E-state index is 5.64. The predicted molar refractivity (Wildman–Crippen MR) is 92.4 cm³/mol. The van der Waals surface area contributed by atoms with Crippen LogP contribution < -0.4 is 10.6 Å². The first-order valence-electron chi connectivity index (χ1n) is 9.06. The normalized spacial score (nSPS) is 24.6. The van der Waals surface area contributed by atoms with Crippen LogP contribution in [0.25, 0.3) is 0 Å². The van der Waals surface area contributed by atoms with E-state index in [1.54, 1.807) is 0 Å². The molecular formula is C17H34N4O. The molecule has 0 radical (unpaired) electrons. The molecule has 5 heteroatoms. The fourth-order valence-corrected chi connectivity index (χ4v) is 3.24. The van der Waals surface area contributed by atoms with E-state index in [1.807, 2.05) is 7.05 Å². The number of guanidine groups is 1. The van der Waals surface area contributed by atoms with Gasteiger partial charge in [0.05, 0.1) is 6.10 Å². The van der Waals surface area contributed by atoms with Crippen LogP contribution in [-0.4, -0.2) is 63.3 Å². The fourth-order valence-electron chi connectivity index (χ4n) is 3.24. The minimum absolute atomic E-state index is 0.451. The van der Waals surface area contributed by atoms with Crippen molar-refractivity contribution in [2.45, 2.75) is 51.6 Å². The van der Waals surface area contributed by atoms with Crippen molar-refractivity contribution >= 4 is 5.96 Å². The van der Waals surface area contributed by atoms with Crippen LogP contribution >= 0.6 is 0 Å². The summed E-state index contributed by atoms with van der Waals surface area (Å²) >= 11 is 0. The van der Waals surface area contributed by atoms with Gasteiger partial charge in [-0.1, -0.05) is 6.92 Å². The molecule has 2 fully saturated rings. The summed E-state index contributed by atoms with van der Waals surface area (Å²) < 4.78 is 5.64. The van der Waals surface area contributed by atoms with Gasteiger partial charge >= 0.3 is 0 Å². The highest BCUT2D eigenvalue weighted by atomic mass is 16.5. The van der Waals surface area contributed by atoms with E-state index >= 15 is 0 Å². The van der Waals surface area contributed by atoms with Crippen LogP contribution in [0.5, 0.6) is 0 Å². The number of aliphatic imine (C=N–C) groups is 1. The van der Waals surface area contributed by atoms with Gasteiger partial charge in [0.2, 0.25) is 0 Å². The molecule has 2 saturated heterocycles. The van der Waals surface area contributed by atoms with Crippen molar-refractivity contribution in [2.75, 3.05) is 46.4 Å². The van der Waals surface area contributed by atoms with Crippen LogP contribution in [0.2, 0.25) is 0 Å². The number of nitrogens with zero attached hydrogens (tertiary/aromatic N) is 2. The molecule has 128 valence electrons. The minimum atomic E-state index is 0.451. The Balaban J connectivity index is 1.49. The van der Waals surface area contributed by atoms with E-state index in [4.69, 9.17) is 4.74 Å². The van der Waals surface area contributed by atoms with Gasteiger partial charge in [0.15, 0.2) is 5.96 Å². The van der Waals surface area contributed by atoms with Crippen molar-refractivity contribution in [3.63, 3.8) is 0 Å². The van der Waals surface area contributed by atoms with E-state index in [1.165, 1.54) is 51.7 Å². The highest BCUT2D eigenvalue weighted by molar-refractivity contribution is 5.79. The lowest BCUT2D eigenvalue weighted by molar-refractivity contribution is 0.105. The van der Waals surface area contributed by atoms with Crippen LogP contribution in [0.1, 0.15) is 45.4 Å². The molecule has 2 heterocycles. The third-order valence-electron chi connectivity index (χ3n) is 4.83. The van der Waals surface area contributed by atoms with E-state index < -0.39 is 0 Å². The van der Waals surface area contributed by atoms with Crippen molar-refractivity contribution < 1.29 is 4.74 Å². The first-order valence-corrected chi connectivity index (χ1v) is 9.06. The highest BCUT2D eigenvalue weighted by Crippen LogP contribution is 2.15. The zero-order chi connectivity index (χ0) is 15.6. The van der Waals surface area contributed by atoms with Crippen molar-refractivity contribution in [3.8, 4) is 0 Å². The van der Waals surface area contributed by atoms with Crippen LogP contribution in [0.4, 0.5) is 0 Å². The number of ether oxygens (including phenoxy) is 1. The Labute approximate surface area is 135 Å². The van der Waals surface area contributed by atoms with E-state index in [2.05, 4.69) is 27.4 Å². The second-order valence-electron chi connectivity index (χ2n) is 6.73. The molecule has 5 nitrogen and oxygen atoms in total. The summed E-state index contributed by atoms with van der Waals surface area (Å²) in [5.74, 6) is 1.84. The lowest BCUT2D eigenvalue weighted by Crippen LogP contribution is -2.40. The Morgan fingerprint density at radius 3 is 2.64 bits per heavy atom. The van der Waals surface area contributed by atoms with Gasteiger partial charge in [0.25, 0.3) is 0 Å². The third kappa shape index (κ3) is 6.53. The highest BCUT2D eigenvalue weighted by Gasteiger charge is 2.15. The molecule has 0 aromatic carbocycles. The molecule has 0 aromatic heterocycles. The second kappa shape index (κ2) is 10.1. The van der Waals surface area contributed by atoms with Crippen LogP contribution in [-0.2, 0) is 4.74 Å². The molecule has 0 aliphatic carbocycles. The molecule has 1 unspecified atom stereocenters. The maximum Gasteiger partial charge on any atom is 0.190 e. The van der Waals surface area contributed by atoms with Gasteiger partial charge in [0, 0.05) is 26.7 Å². The molecule has 2 aliphatic heterocycles. The standard InChI is InChI=1S/C17H34N4O/c1-15-7-12-21(13-8-15)11-4-9-19-17(18-2)20-10-6-16-5-3-14-22-16/h15-16H,3-14H2,1-2H3,(H2,18,19,20). The van der Waals surface area contributed by atoms with E-state index in [0.717, 1.165) is 38.0 Å². The topological polar surface area (TPSA) is 48.9 Å². The number of nitrogens with one attached hydrogen (secondary N) is 2. The molecule has 0 amide bonds. The van der Waals surface area contributed by atoms with Crippen molar-refractivity contribution in [2.24, 2.45) is 10.9 Å². The monoisotopic (exact) mass is 310 g/mol. The number of rotatable bonds is 7. The van der Waals surface area contributed by atoms with Crippen LogP contribution in [0.3, 0.4) is 0 Å². The van der Waals surface area contributed by atoms with Gasteiger partial charge in [-0.3, -0.25) is 4.99 Å². The molecular weight excluding hydrogens is 276 g/mol. The van der Waals surface area contributed by atoms with Gasteiger partial charge in [-0.15, -0.1) is 0 Å². The van der Waals surface area contributed by atoms with E-state index in [0.29, 0.717) is 6.10 Å². The lowest BCUT2D eigenvalue weighted by atomic mass is 9.99. The zero-order valence-corrected chi connectivity index (χ0v) is 14.4. The Bertz CT molecular complexity index is 321. The second-order valence-corrected chi connectivity index (χ2v) is 6.73. The molecule has 0 aromatic rings. The van der Waals surface area contributed by atoms with E-state index in [9.17, 15) is 0 Å². The van der Waals surface area contributed by atoms with E-state index in [-0.39, 0.29) is 0 Å². The summed E-state index contributed by atoms with van der Waals surface area (Å²) in [4.78, 5) is 6.88. The van der Waals surface area contributed by atoms with Gasteiger partial charge in [-0.2, -0.15) is 0 Å². The molecule has 0 saturated carbocycles. The quantitative estimate of drug-likeness (QED) is 0.428. The number of likely N-dealkylation sites (tertiary alicyclic amines) is 1. The Hall–Kier alpha value is -0.810. The Kier molecular flexibility index (Phi) is 8.02. The molecule has 2 aliphatic rings. The molecule has 0 spiro atoms. The summed E-state index contributed by atoms with van der Waals surface area (Å²) in [6.45, 7) is 8.98. The molecule has 2 N–H and O–H groups in total. The van der Waals surface area contributed by atoms with Crippen molar-refractivity contribution in [1.82, 2.24) is 15.5 Å². The number of hydrogen-bond acceptors (Lipinski definition) is 3. The number of hydrogen-bond donors (Lipinski definition) is 2. The third-order valence-corrected chi connectivity index (χ3v) is 4.83. The maximum atomic E-state index is 5.64. The summed E-state index contributed by atoms with van der Waals surface area (Å²) in [6.07, 6.45) is 7.86. The summed E-state index contributed by atoms with van der Waals surface area (Å²) in [7, 11) is 1.84. The molecule has 0 bridgehead atoms. The molecule has 2 rings (SSSR count). The summed E-state index contributed by atoms with van der Waals surface area (Å²) in [5, 5.41) is 6.80. The van der Waals surface area contributed by atoms with Crippen LogP contribution in [0, 0.1) is 5.92 Å². The van der Waals surface area contributed by atoms with Gasteiger partial charge in [-0.05, 0) is 64.1 Å². The fraction of sp³-hybridized carbons (Fsp3) is 0.941. The summed E-state index contributed by atoms with van der Waals surface area (Å²) in [5.41, 5.74) is 0. The smallest absolute Gasteiger partial charge is 0.190 e. The lowest BCUT2D eigenvalue weighted by Gasteiger charge is -2.30. The zero-order valence-electron chi connectivity index (χ0n) is 14.4. The minimum Gasteiger partial charge on any atom is -0.378 e. The van der Waals surface area contributed by atoms with Crippen molar-refractivity contribution in [3.05, 3.63) is 0 Å². The molecule has 1 atom stereocenters. The first kappa shape index (κ1) is 17.5. The average molecular weight is 310 g/mol. The van der Waals surface area contributed by atoms with Crippen LogP contribution in [0.15, 0.2) is 4.99 Å². The first-order chi connectivity index (χ1) is 10.8. The van der Waals surface area contributed by atoms with Gasteiger partial charge in [-0.25, -0.2) is 0 Å². The predicted octanol–water partition coefficient (Wildman–Crippen LogP) is 1.84. The molecule has 22 heavy (non-hydrogen) atoms. The summed E-state index contributed by atoms with van der Waals surface area (Å²) in [6, 6.07) is 0. The number of piperidine rings is 1.